The number of rotatable bonds is 9. The van der Waals surface area contributed by atoms with E-state index in [0.29, 0.717) is 5.92 Å². The lowest BCUT2D eigenvalue weighted by Crippen LogP contribution is -2.46. The molecule has 0 saturated heterocycles. The third-order valence-corrected chi connectivity index (χ3v) is 6.56. The van der Waals surface area contributed by atoms with E-state index in [-0.39, 0.29) is 0 Å². The van der Waals surface area contributed by atoms with Crippen LogP contribution >= 0.6 is 0 Å². The molecule has 2 atom stereocenters. The van der Waals surface area contributed by atoms with Crippen molar-refractivity contribution in [2.24, 2.45) is 0 Å². The lowest BCUT2D eigenvalue weighted by atomic mass is 9.68. The van der Waals surface area contributed by atoms with Gasteiger partial charge in [0.1, 0.15) is 11.2 Å². The van der Waals surface area contributed by atoms with Gasteiger partial charge in [-0.05, 0) is 46.7 Å². The van der Waals surface area contributed by atoms with Gasteiger partial charge in [0.25, 0.3) is 0 Å². The van der Waals surface area contributed by atoms with E-state index in [1.54, 1.807) is 7.11 Å². The van der Waals surface area contributed by atoms with Crippen molar-refractivity contribution >= 4 is 0 Å². The minimum atomic E-state index is -0.659. The third kappa shape index (κ3) is 4.58. The Morgan fingerprint density at radius 3 is 1.42 bits per heavy atom. The van der Waals surface area contributed by atoms with Gasteiger partial charge in [-0.2, -0.15) is 0 Å². The van der Waals surface area contributed by atoms with Crippen LogP contribution in [0.1, 0.15) is 48.4 Å². The minimum Gasteiger partial charge on any atom is -0.463 e. The van der Waals surface area contributed by atoms with E-state index in [9.17, 15) is 0 Å². The summed E-state index contributed by atoms with van der Waals surface area (Å²) in [6.07, 6.45) is 0.527. The molecule has 2 nitrogen and oxygen atoms in total. The molecule has 0 saturated carbocycles. The molecule has 0 amide bonds. The topological polar surface area (TPSA) is 18.5 Å². The smallest absolute Gasteiger partial charge is 0.217 e. The van der Waals surface area contributed by atoms with Gasteiger partial charge in [-0.25, -0.2) is 0 Å². The fourth-order valence-corrected chi connectivity index (χ4v) is 4.56. The van der Waals surface area contributed by atoms with E-state index in [0.717, 1.165) is 28.9 Å². The lowest BCUT2D eigenvalue weighted by Gasteiger charge is -2.41. The Bertz CT molecular complexity index is 1010. The Morgan fingerprint density at radius 1 is 0.636 bits per heavy atom. The lowest BCUT2D eigenvalue weighted by molar-refractivity contribution is -0.0854. The first-order valence-electron chi connectivity index (χ1n) is 11.7. The summed E-state index contributed by atoms with van der Waals surface area (Å²) in [6, 6.07) is 39.9. The summed E-state index contributed by atoms with van der Waals surface area (Å²) in [5, 5.41) is 0. The standard InChI is InChI=1S/C31H32O2/c1-4-24(2)25-20-22-29(23-21-25)33-30(32-3)31(26-14-8-5-9-15-26,27-16-10-6-11-17-27)28-18-12-7-13-19-28/h5-24,30H,4H2,1-3H3. The van der Waals surface area contributed by atoms with Crippen LogP contribution in [0.3, 0.4) is 0 Å². The average Bonchev–Trinajstić information content (AvgIpc) is 2.90. The molecule has 2 unspecified atom stereocenters. The van der Waals surface area contributed by atoms with Crippen molar-refractivity contribution in [1.82, 2.24) is 0 Å². The van der Waals surface area contributed by atoms with Crippen LogP contribution in [0.5, 0.6) is 5.75 Å². The number of methoxy groups -OCH3 is 1. The molecule has 0 N–H and O–H groups in total. The van der Waals surface area contributed by atoms with Crippen LogP contribution in [-0.4, -0.2) is 13.4 Å². The van der Waals surface area contributed by atoms with Crippen molar-refractivity contribution in [1.29, 1.82) is 0 Å². The highest BCUT2D eigenvalue weighted by atomic mass is 16.7. The molecule has 0 aliphatic carbocycles. The van der Waals surface area contributed by atoms with E-state index in [1.165, 1.54) is 5.56 Å². The first-order chi connectivity index (χ1) is 16.2. The van der Waals surface area contributed by atoms with E-state index in [4.69, 9.17) is 9.47 Å². The molecule has 0 spiro atoms. The van der Waals surface area contributed by atoms with Crippen LogP contribution < -0.4 is 4.74 Å². The van der Waals surface area contributed by atoms with Crippen molar-refractivity contribution in [3.63, 3.8) is 0 Å². The van der Waals surface area contributed by atoms with Gasteiger partial charge in [0.15, 0.2) is 0 Å². The molecule has 0 aromatic heterocycles. The summed E-state index contributed by atoms with van der Waals surface area (Å²) in [6.45, 7) is 4.46. The Hall–Kier alpha value is -3.36. The highest BCUT2D eigenvalue weighted by molar-refractivity contribution is 5.51. The van der Waals surface area contributed by atoms with Gasteiger partial charge in [-0.1, -0.05) is 117 Å². The SMILES string of the molecule is CCC(C)c1ccc(OC(OC)C(c2ccccc2)(c2ccccc2)c2ccccc2)cc1. The molecule has 0 aliphatic rings. The molecule has 33 heavy (non-hydrogen) atoms. The van der Waals surface area contributed by atoms with Gasteiger partial charge < -0.3 is 9.47 Å². The molecule has 168 valence electrons. The van der Waals surface area contributed by atoms with Crippen LogP contribution in [0.2, 0.25) is 0 Å². The Balaban J connectivity index is 1.87. The average molecular weight is 437 g/mol. The molecule has 4 aromatic carbocycles. The number of hydrogen-bond donors (Lipinski definition) is 0. The molecule has 0 radical (unpaired) electrons. The number of hydrogen-bond acceptors (Lipinski definition) is 2. The summed E-state index contributed by atoms with van der Waals surface area (Å²) < 4.78 is 12.8. The first-order valence-corrected chi connectivity index (χ1v) is 11.7. The monoisotopic (exact) mass is 436 g/mol. The fraction of sp³-hybridized carbons (Fsp3) is 0.226. The number of benzene rings is 4. The summed E-state index contributed by atoms with van der Waals surface area (Å²) in [4.78, 5) is 0. The van der Waals surface area contributed by atoms with Crippen LogP contribution in [0, 0.1) is 0 Å². The van der Waals surface area contributed by atoms with Gasteiger partial charge in [0.2, 0.25) is 6.29 Å². The van der Waals surface area contributed by atoms with Crippen molar-refractivity contribution in [3.05, 3.63) is 138 Å². The van der Waals surface area contributed by atoms with Gasteiger partial charge in [-0.15, -0.1) is 0 Å². The predicted molar refractivity (Wildman–Crippen MR) is 136 cm³/mol. The highest BCUT2D eigenvalue weighted by Crippen LogP contribution is 2.44. The van der Waals surface area contributed by atoms with Crippen LogP contribution in [0.15, 0.2) is 115 Å². The summed E-state index contributed by atoms with van der Waals surface area (Å²) in [5.41, 5.74) is 4.01. The largest absolute Gasteiger partial charge is 0.463 e. The zero-order valence-electron chi connectivity index (χ0n) is 19.6. The minimum absolute atomic E-state index is 0.523. The molecular weight excluding hydrogens is 404 g/mol. The second-order valence-electron chi connectivity index (χ2n) is 8.47. The van der Waals surface area contributed by atoms with E-state index in [2.05, 4.69) is 111 Å². The zero-order chi connectivity index (χ0) is 23.1. The Labute approximate surface area is 197 Å². The van der Waals surface area contributed by atoms with Crippen molar-refractivity contribution in [2.75, 3.05) is 7.11 Å². The normalized spacial score (nSPS) is 13.3. The molecule has 4 rings (SSSR count). The van der Waals surface area contributed by atoms with Gasteiger partial charge >= 0.3 is 0 Å². The molecule has 0 heterocycles. The maximum atomic E-state index is 6.64. The van der Waals surface area contributed by atoms with Gasteiger partial charge in [0.05, 0.1) is 0 Å². The second kappa shape index (κ2) is 10.5. The first kappa shape index (κ1) is 22.8. The van der Waals surface area contributed by atoms with Crippen LogP contribution in [0.25, 0.3) is 0 Å². The van der Waals surface area contributed by atoms with Crippen LogP contribution in [0.4, 0.5) is 0 Å². The fourth-order valence-electron chi connectivity index (χ4n) is 4.56. The zero-order valence-corrected chi connectivity index (χ0v) is 19.6. The van der Waals surface area contributed by atoms with E-state index >= 15 is 0 Å². The summed E-state index contributed by atoms with van der Waals surface area (Å²) >= 11 is 0. The predicted octanol–water partition coefficient (Wildman–Crippen LogP) is 7.59. The van der Waals surface area contributed by atoms with Crippen molar-refractivity contribution in [3.8, 4) is 5.75 Å². The maximum absolute atomic E-state index is 6.64. The second-order valence-corrected chi connectivity index (χ2v) is 8.47. The molecule has 0 fully saturated rings. The summed E-state index contributed by atoms with van der Waals surface area (Å²) in [5.74, 6) is 1.32. The molecule has 0 bridgehead atoms. The molecule has 2 heteroatoms. The Kier molecular flexibility index (Phi) is 7.26. The quantitative estimate of drug-likeness (QED) is 0.199. The van der Waals surface area contributed by atoms with E-state index < -0.39 is 11.7 Å². The summed E-state index contributed by atoms with van der Waals surface area (Å²) in [7, 11) is 1.72. The molecule has 4 aromatic rings. The van der Waals surface area contributed by atoms with Gasteiger partial charge in [0, 0.05) is 7.11 Å². The number of ether oxygens (including phenoxy) is 2. The van der Waals surface area contributed by atoms with Crippen molar-refractivity contribution in [2.45, 2.75) is 37.9 Å². The van der Waals surface area contributed by atoms with Crippen LogP contribution in [-0.2, 0) is 10.2 Å². The molecule has 0 aliphatic heterocycles. The highest BCUT2D eigenvalue weighted by Gasteiger charge is 2.46. The van der Waals surface area contributed by atoms with Gasteiger partial charge in [-0.3, -0.25) is 0 Å². The third-order valence-electron chi connectivity index (χ3n) is 6.56. The van der Waals surface area contributed by atoms with E-state index in [1.807, 2.05) is 18.2 Å². The molecular formula is C31H32O2. The Morgan fingerprint density at radius 2 is 1.06 bits per heavy atom. The maximum Gasteiger partial charge on any atom is 0.217 e. The van der Waals surface area contributed by atoms with Crippen molar-refractivity contribution < 1.29 is 9.47 Å².